The predicted molar refractivity (Wildman–Crippen MR) is 143 cm³/mol. The van der Waals surface area contributed by atoms with Gasteiger partial charge in [-0.15, -0.1) is 0 Å². The second-order valence-electron chi connectivity index (χ2n) is 9.38. The minimum atomic E-state index is -4.68. The molecule has 41 heavy (non-hydrogen) atoms. The largest absolute Gasteiger partial charge is 0.466 e. The van der Waals surface area contributed by atoms with Gasteiger partial charge in [0.2, 0.25) is 11.9 Å². The number of halogens is 3. The Balaban J connectivity index is 2.25. The molecule has 2 aromatic rings. The van der Waals surface area contributed by atoms with Crippen LogP contribution in [0.25, 0.3) is 0 Å². The number of nitrogens with zero attached hydrogens (tertiary/aromatic N) is 4. The summed E-state index contributed by atoms with van der Waals surface area (Å²) in [6.07, 6.45) is -3.90. The molecular weight excluding hydrogens is 541 g/mol. The second-order valence-corrected chi connectivity index (χ2v) is 9.38. The van der Waals surface area contributed by atoms with Crippen molar-refractivity contribution in [1.29, 1.82) is 10.7 Å². The molecule has 0 fully saturated rings. The Morgan fingerprint density at radius 2 is 1.88 bits per heavy atom. The highest BCUT2D eigenvalue weighted by molar-refractivity contribution is 6.10. The normalized spacial score (nSPS) is 15.5. The molecule has 0 unspecified atom stereocenters. The number of hydrogen-bond acceptors (Lipinski definition) is 6. The highest BCUT2D eigenvalue weighted by Crippen LogP contribution is 2.42. The van der Waals surface area contributed by atoms with E-state index >= 15 is 0 Å². The van der Waals surface area contributed by atoms with E-state index in [1.807, 2.05) is 6.07 Å². The fourth-order valence-electron chi connectivity index (χ4n) is 4.69. The first-order valence-corrected chi connectivity index (χ1v) is 12.4. The summed E-state index contributed by atoms with van der Waals surface area (Å²) in [5.74, 6) is -1.62. The van der Waals surface area contributed by atoms with Gasteiger partial charge in [0.15, 0.2) is 0 Å². The lowest BCUT2D eigenvalue weighted by molar-refractivity contribution is -0.138. The number of hydrogen-bond donors (Lipinski definition) is 2. The van der Waals surface area contributed by atoms with Gasteiger partial charge in [-0.1, -0.05) is 12.1 Å². The first kappa shape index (κ1) is 30.7. The van der Waals surface area contributed by atoms with Crippen molar-refractivity contribution in [3.63, 3.8) is 0 Å². The number of esters is 1. The molecule has 216 valence electrons. The minimum absolute atomic E-state index is 0.0512. The number of aryl methyl sites for hydroxylation is 1. The molecule has 10 nitrogen and oxygen atoms in total. The van der Waals surface area contributed by atoms with Crippen LogP contribution in [0.15, 0.2) is 53.7 Å². The van der Waals surface area contributed by atoms with Gasteiger partial charge in [-0.05, 0) is 61.2 Å². The summed E-state index contributed by atoms with van der Waals surface area (Å²) < 4.78 is 45.5. The highest BCUT2D eigenvalue weighted by atomic mass is 19.4. The molecule has 3 amide bonds. The zero-order valence-electron chi connectivity index (χ0n) is 22.9. The van der Waals surface area contributed by atoms with Crippen LogP contribution in [0.2, 0.25) is 0 Å². The quantitative estimate of drug-likeness (QED) is 0.475. The number of allylic oxidation sites excluding steroid dienone is 1. The van der Waals surface area contributed by atoms with Gasteiger partial charge in [-0.25, -0.2) is 9.59 Å². The number of nitriles is 1. The molecule has 1 aliphatic heterocycles. The summed E-state index contributed by atoms with van der Waals surface area (Å²) in [5.41, 5.74) is 5.73. The van der Waals surface area contributed by atoms with Crippen molar-refractivity contribution in [3.8, 4) is 6.07 Å². The Morgan fingerprint density at radius 3 is 2.44 bits per heavy atom. The lowest BCUT2D eigenvalue weighted by Gasteiger charge is -2.43. The molecule has 0 aliphatic carbocycles. The van der Waals surface area contributed by atoms with Gasteiger partial charge in [-0.2, -0.15) is 18.4 Å². The first-order valence-electron chi connectivity index (χ1n) is 12.4. The molecule has 0 bridgehead atoms. The third-order valence-electron chi connectivity index (χ3n) is 6.82. The molecule has 2 aromatic carbocycles. The van der Waals surface area contributed by atoms with E-state index in [1.165, 1.54) is 36.9 Å². The maximum absolute atomic E-state index is 13.5. The fraction of sp³-hybridized carbons (Fsp3) is 0.321. The average molecular weight is 571 g/mol. The third kappa shape index (κ3) is 6.32. The number of alkyl halides is 3. The Labute approximate surface area is 234 Å². The van der Waals surface area contributed by atoms with Crippen molar-refractivity contribution in [2.24, 2.45) is 5.73 Å². The minimum Gasteiger partial charge on any atom is -0.466 e. The van der Waals surface area contributed by atoms with Crippen LogP contribution in [0.4, 0.5) is 23.7 Å². The molecule has 3 N–H and O–H groups in total. The number of guanidine groups is 1. The number of ether oxygens (including phenoxy) is 1. The summed E-state index contributed by atoms with van der Waals surface area (Å²) in [5, 5.41) is 18.4. The van der Waals surface area contributed by atoms with E-state index in [-0.39, 0.29) is 22.9 Å². The fourth-order valence-corrected chi connectivity index (χ4v) is 4.69. The number of carbonyl (C=O) groups is 3. The molecule has 0 saturated carbocycles. The number of urea groups is 1. The van der Waals surface area contributed by atoms with Crippen LogP contribution in [0, 0.1) is 16.7 Å². The predicted octanol–water partition coefficient (Wildman–Crippen LogP) is 4.31. The van der Waals surface area contributed by atoms with E-state index < -0.39 is 35.7 Å². The smallest absolute Gasteiger partial charge is 0.416 e. The number of methoxy groups -OCH3 is 1. The number of anilines is 1. The van der Waals surface area contributed by atoms with Crippen LogP contribution in [-0.2, 0) is 26.9 Å². The monoisotopic (exact) mass is 570 g/mol. The maximum Gasteiger partial charge on any atom is 0.416 e. The number of benzene rings is 2. The summed E-state index contributed by atoms with van der Waals surface area (Å²) in [6.45, 7) is 3.23. The number of carbonyl (C=O) groups excluding carboxylic acids is 3. The summed E-state index contributed by atoms with van der Waals surface area (Å²) >= 11 is 0. The molecule has 1 atom stereocenters. The zero-order chi connectivity index (χ0) is 30.6. The van der Waals surface area contributed by atoms with Crippen molar-refractivity contribution >= 4 is 29.6 Å². The van der Waals surface area contributed by atoms with Gasteiger partial charge in [0.05, 0.1) is 29.9 Å². The van der Waals surface area contributed by atoms with Crippen LogP contribution < -0.4 is 10.6 Å². The molecule has 13 heteroatoms. The number of amides is 3. The molecule has 3 rings (SSSR count). The SMILES string of the molecule is COC(=O)C1=C(C)N(c2cccc(C(F)(F)F)c2)C(=N)N(C(N)=O)[C@@H]1c1ccc(C#N)cc1CCCN(C)C(C)=O. The topological polar surface area (TPSA) is 144 Å². The van der Waals surface area contributed by atoms with E-state index in [0.29, 0.717) is 36.1 Å². The second kappa shape index (κ2) is 12.1. The van der Waals surface area contributed by atoms with Gasteiger partial charge in [0.25, 0.3) is 0 Å². The van der Waals surface area contributed by atoms with Crippen LogP contribution >= 0.6 is 0 Å². The van der Waals surface area contributed by atoms with Gasteiger partial charge < -0.3 is 15.4 Å². The van der Waals surface area contributed by atoms with Crippen molar-refractivity contribution in [2.45, 2.75) is 38.9 Å². The van der Waals surface area contributed by atoms with E-state index in [2.05, 4.69) is 0 Å². The van der Waals surface area contributed by atoms with E-state index in [1.54, 1.807) is 13.1 Å². The van der Waals surface area contributed by atoms with E-state index in [4.69, 9.17) is 15.9 Å². The average Bonchev–Trinajstić information content (AvgIpc) is 2.91. The molecule has 0 aromatic heterocycles. The van der Waals surface area contributed by atoms with Gasteiger partial charge in [0.1, 0.15) is 6.04 Å². The molecule has 0 radical (unpaired) electrons. The van der Waals surface area contributed by atoms with Crippen molar-refractivity contribution in [2.75, 3.05) is 25.6 Å². The highest BCUT2D eigenvalue weighted by Gasteiger charge is 2.44. The Morgan fingerprint density at radius 1 is 1.20 bits per heavy atom. The van der Waals surface area contributed by atoms with Gasteiger partial charge in [-0.3, -0.25) is 20.0 Å². The van der Waals surface area contributed by atoms with Crippen molar-refractivity contribution < 1.29 is 32.3 Å². The summed E-state index contributed by atoms with van der Waals surface area (Å²) in [6, 6.07) is 8.31. The molecule has 1 aliphatic rings. The summed E-state index contributed by atoms with van der Waals surface area (Å²) in [4.78, 5) is 41.0. The third-order valence-corrected chi connectivity index (χ3v) is 6.82. The Bertz CT molecular complexity index is 1460. The summed E-state index contributed by atoms with van der Waals surface area (Å²) in [7, 11) is 2.75. The standard InChI is InChI=1S/C28H29F3N6O4/c1-16-23(25(39)41-4)24(22-11-10-18(15-32)13-19(22)7-6-12-35(3)17(2)38)37(27(34)40)26(33)36(16)21-9-5-8-20(14-21)28(29,30)31/h5,8-11,13-14,24,33H,6-7,12H2,1-4H3,(H2,34,40)/t24-/m1/s1. The van der Waals surface area contributed by atoms with Gasteiger partial charge in [0, 0.05) is 31.9 Å². The van der Waals surface area contributed by atoms with Crippen LogP contribution in [0.1, 0.15) is 48.6 Å². The van der Waals surface area contributed by atoms with Gasteiger partial charge >= 0.3 is 18.2 Å². The number of nitrogens with one attached hydrogen (secondary N) is 1. The lowest BCUT2D eigenvalue weighted by atomic mass is 9.87. The number of rotatable bonds is 7. The first-order chi connectivity index (χ1) is 19.2. The molecular formula is C28H29F3N6O4. The van der Waals surface area contributed by atoms with Crippen molar-refractivity contribution in [1.82, 2.24) is 9.80 Å². The van der Waals surface area contributed by atoms with E-state index in [9.17, 15) is 32.8 Å². The van der Waals surface area contributed by atoms with Crippen LogP contribution in [0.3, 0.4) is 0 Å². The zero-order valence-corrected chi connectivity index (χ0v) is 22.9. The Hall–Kier alpha value is -4.86. The maximum atomic E-state index is 13.5. The van der Waals surface area contributed by atoms with Crippen LogP contribution in [-0.4, -0.2) is 54.4 Å². The van der Waals surface area contributed by atoms with Crippen LogP contribution in [0.5, 0.6) is 0 Å². The van der Waals surface area contributed by atoms with Crippen molar-refractivity contribution in [3.05, 3.63) is 76.0 Å². The lowest BCUT2D eigenvalue weighted by Crippen LogP contribution is -2.55. The number of nitrogens with two attached hydrogens (primary N) is 1. The molecule has 0 saturated heterocycles. The van der Waals surface area contributed by atoms with E-state index in [0.717, 1.165) is 35.1 Å². The number of primary amides is 1. The molecule has 1 heterocycles. The Kier molecular flexibility index (Phi) is 9.07. The molecule has 0 spiro atoms.